The maximum absolute atomic E-state index is 10.6. The Morgan fingerprint density at radius 2 is 1.77 bits per heavy atom. The number of rotatable bonds is 9. The van der Waals surface area contributed by atoms with Crippen LogP contribution in [0.4, 0.5) is 0 Å². The highest BCUT2D eigenvalue weighted by molar-refractivity contribution is 5.94. The molecule has 2 aliphatic carbocycles. The molecule has 39 heavy (non-hydrogen) atoms. The predicted octanol–water partition coefficient (Wildman–Crippen LogP) is 8.57. The average molecular weight is 519 g/mol. The van der Waals surface area contributed by atoms with Gasteiger partial charge < -0.3 is 14.3 Å². The van der Waals surface area contributed by atoms with Crippen LogP contribution < -0.4 is 4.74 Å². The molecule has 0 radical (unpaired) electrons. The van der Waals surface area contributed by atoms with Crippen molar-refractivity contribution < 1.29 is 14.3 Å². The number of furan rings is 1. The van der Waals surface area contributed by atoms with Crippen molar-refractivity contribution in [3.63, 3.8) is 0 Å². The Morgan fingerprint density at radius 1 is 0.974 bits per heavy atom. The van der Waals surface area contributed by atoms with Crippen LogP contribution in [0.5, 0.6) is 11.6 Å². The molecule has 5 heteroatoms. The molecule has 2 aliphatic rings. The van der Waals surface area contributed by atoms with E-state index in [9.17, 15) is 5.11 Å². The molecule has 0 saturated heterocycles. The number of phenolic OH excluding ortho intramolecular Hbond substituents is 1. The lowest BCUT2D eigenvalue weighted by atomic mass is 9.73. The SMILES string of the molecule is CCCCC(CC)COc1cc(C2=Cc3oc4ccccc4c3C3C=CC=CC23)nc(-c2ccccc2O)n1. The number of fused-ring (bicyclic) bond motifs is 5. The van der Waals surface area contributed by atoms with E-state index in [1.165, 1.54) is 18.4 Å². The Morgan fingerprint density at radius 3 is 2.59 bits per heavy atom. The van der Waals surface area contributed by atoms with Crippen LogP contribution in [0.25, 0.3) is 34.0 Å². The molecule has 2 aromatic heterocycles. The summed E-state index contributed by atoms with van der Waals surface area (Å²) < 4.78 is 12.7. The van der Waals surface area contributed by atoms with E-state index in [1.54, 1.807) is 12.1 Å². The summed E-state index contributed by atoms with van der Waals surface area (Å²) in [4.78, 5) is 9.74. The van der Waals surface area contributed by atoms with Gasteiger partial charge in [0, 0.05) is 28.9 Å². The van der Waals surface area contributed by atoms with Crippen LogP contribution in [-0.2, 0) is 0 Å². The maximum atomic E-state index is 10.6. The number of para-hydroxylation sites is 2. The Kier molecular flexibility index (Phi) is 7.06. The summed E-state index contributed by atoms with van der Waals surface area (Å²) >= 11 is 0. The zero-order valence-electron chi connectivity index (χ0n) is 22.5. The van der Waals surface area contributed by atoms with Crippen molar-refractivity contribution in [2.45, 2.75) is 45.4 Å². The van der Waals surface area contributed by atoms with Crippen LogP contribution in [-0.4, -0.2) is 21.7 Å². The minimum Gasteiger partial charge on any atom is -0.507 e. The fraction of sp³-hybridized carbons (Fsp3) is 0.294. The van der Waals surface area contributed by atoms with Gasteiger partial charge in [-0.05, 0) is 42.2 Å². The summed E-state index contributed by atoms with van der Waals surface area (Å²) in [5, 5.41) is 11.8. The highest BCUT2D eigenvalue weighted by Gasteiger charge is 2.35. The zero-order valence-corrected chi connectivity index (χ0v) is 22.5. The number of hydrogen-bond donors (Lipinski definition) is 1. The number of benzene rings is 2. The van der Waals surface area contributed by atoms with Gasteiger partial charge >= 0.3 is 0 Å². The monoisotopic (exact) mass is 518 g/mol. The highest BCUT2D eigenvalue weighted by Crippen LogP contribution is 2.49. The van der Waals surface area contributed by atoms with Gasteiger partial charge in [0.05, 0.1) is 17.9 Å². The molecule has 0 spiro atoms. The van der Waals surface area contributed by atoms with E-state index in [0.717, 1.165) is 40.8 Å². The minimum absolute atomic E-state index is 0.0939. The van der Waals surface area contributed by atoms with E-state index in [0.29, 0.717) is 29.8 Å². The van der Waals surface area contributed by atoms with Crippen molar-refractivity contribution in [1.29, 1.82) is 0 Å². The molecule has 0 fully saturated rings. The van der Waals surface area contributed by atoms with Crippen molar-refractivity contribution >= 4 is 22.6 Å². The second-order valence-corrected chi connectivity index (χ2v) is 10.5. The van der Waals surface area contributed by atoms with Crippen molar-refractivity contribution in [2.24, 2.45) is 11.8 Å². The number of allylic oxidation sites excluding steroid dienone is 5. The van der Waals surface area contributed by atoms with Crippen molar-refractivity contribution in [3.8, 4) is 23.0 Å². The predicted molar refractivity (Wildman–Crippen MR) is 157 cm³/mol. The van der Waals surface area contributed by atoms with Gasteiger partial charge in [0.25, 0.3) is 0 Å². The number of aromatic nitrogens is 2. The normalized spacial score (nSPS) is 18.5. The third kappa shape index (κ3) is 4.89. The van der Waals surface area contributed by atoms with Crippen molar-refractivity contribution in [1.82, 2.24) is 9.97 Å². The van der Waals surface area contributed by atoms with Crippen LogP contribution in [0.1, 0.15) is 62.5 Å². The molecule has 3 atom stereocenters. The number of hydrogen-bond acceptors (Lipinski definition) is 5. The van der Waals surface area contributed by atoms with Crippen LogP contribution in [0.15, 0.2) is 83.3 Å². The summed E-state index contributed by atoms with van der Waals surface area (Å²) in [6.07, 6.45) is 15.4. The number of unbranched alkanes of at least 4 members (excludes halogenated alkanes) is 1. The number of phenols is 1. The lowest BCUT2D eigenvalue weighted by Gasteiger charge is -2.30. The molecule has 5 nitrogen and oxygen atoms in total. The van der Waals surface area contributed by atoms with Crippen LogP contribution >= 0.6 is 0 Å². The molecule has 2 heterocycles. The van der Waals surface area contributed by atoms with Gasteiger partial charge in [0.1, 0.15) is 17.1 Å². The molecular weight excluding hydrogens is 484 g/mol. The molecule has 0 amide bonds. The molecule has 3 unspecified atom stereocenters. The summed E-state index contributed by atoms with van der Waals surface area (Å²) in [5.74, 6) is 2.69. The smallest absolute Gasteiger partial charge is 0.217 e. The first kappa shape index (κ1) is 25.2. The molecular formula is C34H34N2O3. The third-order valence-electron chi connectivity index (χ3n) is 7.93. The van der Waals surface area contributed by atoms with E-state index < -0.39 is 0 Å². The second kappa shape index (κ2) is 10.9. The molecule has 198 valence electrons. The van der Waals surface area contributed by atoms with Crippen molar-refractivity contribution in [3.05, 3.63) is 95.9 Å². The molecule has 0 bridgehead atoms. The van der Waals surface area contributed by atoms with E-state index >= 15 is 0 Å². The van der Waals surface area contributed by atoms with Gasteiger partial charge in [-0.1, -0.05) is 87.7 Å². The Labute approximate surface area is 229 Å². The summed E-state index contributed by atoms with van der Waals surface area (Å²) in [5.41, 5.74) is 4.52. The number of ether oxygens (including phenoxy) is 1. The number of nitrogens with zero attached hydrogens (tertiary/aromatic N) is 2. The van der Waals surface area contributed by atoms with E-state index in [2.05, 4.69) is 56.4 Å². The molecule has 1 N–H and O–H groups in total. The minimum atomic E-state index is 0.0939. The molecule has 6 rings (SSSR count). The topological polar surface area (TPSA) is 68.4 Å². The first-order chi connectivity index (χ1) is 19.2. The van der Waals surface area contributed by atoms with Crippen LogP contribution in [0.3, 0.4) is 0 Å². The van der Waals surface area contributed by atoms with Gasteiger partial charge in [-0.15, -0.1) is 0 Å². The molecule has 4 aromatic rings. The Balaban J connectivity index is 1.46. The van der Waals surface area contributed by atoms with Gasteiger partial charge in [-0.25, -0.2) is 4.98 Å². The van der Waals surface area contributed by atoms with Gasteiger partial charge in [0.2, 0.25) is 5.88 Å². The highest BCUT2D eigenvalue weighted by atomic mass is 16.5. The Hall–Kier alpha value is -4.12. The summed E-state index contributed by atoms with van der Waals surface area (Å²) in [6, 6.07) is 17.4. The van der Waals surface area contributed by atoms with Gasteiger partial charge in [-0.2, -0.15) is 4.98 Å². The van der Waals surface area contributed by atoms with E-state index in [-0.39, 0.29) is 17.6 Å². The maximum Gasteiger partial charge on any atom is 0.217 e. The summed E-state index contributed by atoms with van der Waals surface area (Å²) in [7, 11) is 0. The van der Waals surface area contributed by atoms with E-state index in [1.807, 2.05) is 30.3 Å². The molecule has 0 aliphatic heterocycles. The Bertz CT molecular complexity index is 1580. The number of aromatic hydroxyl groups is 1. The van der Waals surface area contributed by atoms with Gasteiger partial charge in [0.15, 0.2) is 5.82 Å². The van der Waals surface area contributed by atoms with Crippen molar-refractivity contribution in [2.75, 3.05) is 6.61 Å². The third-order valence-corrected chi connectivity index (χ3v) is 7.93. The first-order valence-electron chi connectivity index (χ1n) is 14.0. The molecule has 0 saturated carbocycles. The fourth-order valence-electron chi connectivity index (χ4n) is 5.73. The lowest BCUT2D eigenvalue weighted by molar-refractivity contribution is 0.225. The average Bonchev–Trinajstić information content (AvgIpc) is 3.36. The van der Waals surface area contributed by atoms with Crippen LogP contribution in [0.2, 0.25) is 0 Å². The van der Waals surface area contributed by atoms with Crippen LogP contribution in [0, 0.1) is 11.8 Å². The van der Waals surface area contributed by atoms with Gasteiger partial charge in [-0.3, -0.25) is 0 Å². The zero-order chi connectivity index (χ0) is 26.8. The molecule has 2 aromatic carbocycles. The lowest BCUT2D eigenvalue weighted by Crippen LogP contribution is -2.18. The standard InChI is InChI=1S/C34H34N2O3/c1-3-5-12-22(4-2)21-38-32-20-28(35-34(36-32)25-15-8-10-17-29(25)37)27-19-31-33(24-14-7-6-13-23(24)27)26-16-9-11-18-30(26)39-31/h6-11,13-20,22-24,37H,3-5,12,21H2,1-2H3. The second-order valence-electron chi connectivity index (χ2n) is 10.5. The largest absolute Gasteiger partial charge is 0.507 e. The first-order valence-corrected chi connectivity index (χ1v) is 14.0. The summed E-state index contributed by atoms with van der Waals surface area (Å²) in [6.45, 7) is 5.04. The fourth-order valence-corrected chi connectivity index (χ4v) is 5.73. The quantitative estimate of drug-likeness (QED) is 0.240. The van der Waals surface area contributed by atoms with E-state index in [4.69, 9.17) is 19.1 Å².